The van der Waals surface area contributed by atoms with Crippen molar-refractivity contribution in [3.63, 3.8) is 0 Å². The van der Waals surface area contributed by atoms with E-state index < -0.39 is 0 Å². The molecule has 0 spiro atoms. The van der Waals surface area contributed by atoms with Crippen molar-refractivity contribution in [2.24, 2.45) is 0 Å². The van der Waals surface area contributed by atoms with Gasteiger partial charge in [-0.2, -0.15) is 0 Å². The molecule has 2 aromatic carbocycles. The number of nitrogens with one attached hydrogen (secondary N) is 2. The number of hydrogen-bond donors (Lipinski definition) is 2. The van der Waals surface area contributed by atoms with Gasteiger partial charge in [0.15, 0.2) is 6.04 Å². The first-order valence-corrected chi connectivity index (χ1v) is 11.2. The molecule has 2 heterocycles. The van der Waals surface area contributed by atoms with E-state index in [1.54, 1.807) is 4.90 Å². The van der Waals surface area contributed by atoms with Crippen molar-refractivity contribution in [3.05, 3.63) is 71.1 Å². The molecule has 1 atom stereocenters. The fourth-order valence-electron chi connectivity index (χ4n) is 4.24. The highest BCUT2D eigenvalue weighted by molar-refractivity contribution is 5.52. The summed E-state index contributed by atoms with van der Waals surface area (Å²) in [5.74, 6) is 1.95. The Morgan fingerprint density at radius 1 is 0.867 bits per heavy atom. The quantitative estimate of drug-likeness (QED) is 0.660. The van der Waals surface area contributed by atoms with Crippen molar-refractivity contribution < 1.29 is 14.2 Å². The van der Waals surface area contributed by atoms with Crippen molar-refractivity contribution in [1.29, 1.82) is 0 Å². The smallest absolute Gasteiger partial charge is 0.274 e. The SMILES string of the molecule is Cc1ccc(-c2nnc([C@@H](C)[NH+]3CC[NH+](Cc4ccc(C(C)C)cc4)CC3)o2)cc1. The van der Waals surface area contributed by atoms with Gasteiger partial charge in [0.1, 0.15) is 32.7 Å². The Morgan fingerprint density at radius 2 is 1.53 bits per heavy atom. The van der Waals surface area contributed by atoms with E-state index in [4.69, 9.17) is 4.42 Å². The molecule has 1 saturated heterocycles. The molecule has 0 aliphatic carbocycles. The second-order valence-electron chi connectivity index (χ2n) is 9.01. The van der Waals surface area contributed by atoms with E-state index in [1.807, 2.05) is 12.1 Å². The van der Waals surface area contributed by atoms with Gasteiger partial charge in [0.25, 0.3) is 5.89 Å². The maximum absolute atomic E-state index is 6.03. The molecule has 0 radical (unpaired) electrons. The molecule has 0 bridgehead atoms. The highest BCUT2D eigenvalue weighted by atomic mass is 16.4. The number of nitrogens with zero attached hydrogens (tertiary/aromatic N) is 2. The first kappa shape index (κ1) is 20.8. The first-order chi connectivity index (χ1) is 14.5. The molecular weight excluding hydrogens is 372 g/mol. The lowest BCUT2D eigenvalue weighted by atomic mass is 10.0. The fraction of sp³-hybridized carbons (Fsp3) is 0.440. The van der Waals surface area contributed by atoms with Gasteiger partial charge in [-0.05, 0) is 37.5 Å². The fourth-order valence-corrected chi connectivity index (χ4v) is 4.24. The number of quaternary nitrogens is 2. The molecule has 1 aliphatic rings. The van der Waals surface area contributed by atoms with E-state index in [-0.39, 0.29) is 6.04 Å². The molecule has 0 amide bonds. The summed E-state index contributed by atoms with van der Waals surface area (Å²) in [4.78, 5) is 3.20. The van der Waals surface area contributed by atoms with Gasteiger partial charge in [-0.3, -0.25) is 0 Å². The van der Waals surface area contributed by atoms with Crippen LogP contribution in [0.4, 0.5) is 0 Å². The maximum atomic E-state index is 6.03. The largest absolute Gasteiger partial charge is 0.415 e. The van der Waals surface area contributed by atoms with E-state index in [0.29, 0.717) is 11.8 Å². The molecule has 5 nitrogen and oxygen atoms in total. The molecule has 4 rings (SSSR count). The number of aromatic nitrogens is 2. The summed E-state index contributed by atoms with van der Waals surface area (Å²) >= 11 is 0. The first-order valence-electron chi connectivity index (χ1n) is 11.2. The minimum atomic E-state index is 0.226. The van der Waals surface area contributed by atoms with Crippen LogP contribution in [0.25, 0.3) is 11.5 Å². The van der Waals surface area contributed by atoms with Crippen LogP contribution in [0.3, 0.4) is 0 Å². The molecule has 1 aromatic heterocycles. The van der Waals surface area contributed by atoms with E-state index in [1.165, 1.54) is 34.7 Å². The summed E-state index contributed by atoms with van der Waals surface area (Å²) in [5.41, 5.74) is 5.07. The molecule has 2 N–H and O–H groups in total. The third-order valence-corrected chi connectivity index (χ3v) is 6.42. The topological polar surface area (TPSA) is 47.8 Å². The van der Waals surface area contributed by atoms with Crippen molar-refractivity contribution >= 4 is 0 Å². The zero-order valence-electron chi connectivity index (χ0n) is 18.6. The van der Waals surface area contributed by atoms with Crippen LogP contribution in [-0.4, -0.2) is 36.4 Å². The Balaban J connectivity index is 1.32. The van der Waals surface area contributed by atoms with Crippen LogP contribution in [0.5, 0.6) is 0 Å². The molecule has 1 fully saturated rings. The van der Waals surface area contributed by atoms with Crippen LogP contribution in [-0.2, 0) is 6.54 Å². The zero-order chi connectivity index (χ0) is 21.1. The van der Waals surface area contributed by atoms with Crippen molar-refractivity contribution in [2.75, 3.05) is 26.2 Å². The lowest BCUT2D eigenvalue weighted by Gasteiger charge is -2.32. The molecule has 3 aromatic rings. The van der Waals surface area contributed by atoms with Crippen LogP contribution < -0.4 is 9.80 Å². The van der Waals surface area contributed by atoms with Crippen molar-refractivity contribution in [1.82, 2.24) is 10.2 Å². The van der Waals surface area contributed by atoms with Crippen LogP contribution in [0.15, 0.2) is 52.9 Å². The Morgan fingerprint density at radius 3 is 2.17 bits per heavy atom. The van der Waals surface area contributed by atoms with Gasteiger partial charge < -0.3 is 14.2 Å². The van der Waals surface area contributed by atoms with Crippen LogP contribution in [0.2, 0.25) is 0 Å². The third-order valence-electron chi connectivity index (χ3n) is 6.42. The van der Waals surface area contributed by atoms with E-state index >= 15 is 0 Å². The Hall–Kier alpha value is -2.50. The predicted octanol–water partition coefficient (Wildman–Crippen LogP) is 2.21. The monoisotopic (exact) mass is 406 g/mol. The summed E-state index contributed by atoms with van der Waals surface area (Å²) in [6, 6.07) is 17.6. The average molecular weight is 407 g/mol. The number of hydrogen-bond acceptors (Lipinski definition) is 3. The van der Waals surface area contributed by atoms with Gasteiger partial charge in [0.05, 0.1) is 0 Å². The second kappa shape index (κ2) is 9.11. The molecular formula is C25H34N4O+2. The molecule has 30 heavy (non-hydrogen) atoms. The van der Waals surface area contributed by atoms with Gasteiger partial charge >= 0.3 is 0 Å². The van der Waals surface area contributed by atoms with Gasteiger partial charge in [0, 0.05) is 11.1 Å². The summed E-state index contributed by atoms with van der Waals surface area (Å²) in [7, 11) is 0. The molecule has 1 aliphatic heterocycles. The van der Waals surface area contributed by atoms with Crippen LogP contribution in [0, 0.1) is 6.92 Å². The summed E-state index contributed by atoms with van der Waals surface area (Å²) < 4.78 is 6.03. The van der Waals surface area contributed by atoms with Gasteiger partial charge in [-0.15, -0.1) is 10.2 Å². The number of piperazine rings is 1. The minimum absolute atomic E-state index is 0.226. The Labute approximate surface area is 179 Å². The minimum Gasteiger partial charge on any atom is -0.415 e. The molecule has 0 unspecified atom stereocenters. The maximum Gasteiger partial charge on any atom is 0.274 e. The molecule has 158 valence electrons. The Kier molecular flexibility index (Phi) is 6.30. The standard InChI is InChI=1S/C25H32N4O/c1-18(2)22-11-7-21(8-12-22)17-28-13-15-29(16-14-28)20(4)24-26-27-25(30-24)23-9-5-19(3)6-10-23/h5-12,18,20H,13-17H2,1-4H3/p+2/t20-/m1/s1. The van der Waals surface area contributed by atoms with Gasteiger partial charge in [0.2, 0.25) is 5.89 Å². The summed E-state index contributed by atoms with van der Waals surface area (Å²) in [6.45, 7) is 14.5. The highest BCUT2D eigenvalue weighted by Gasteiger charge is 2.31. The van der Waals surface area contributed by atoms with Crippen molar-refractivity contribution in [3.8, 4) is 11.5 Å². The number of aryl methyl sites for hydroxylation is 1. The Bertz CT molecular complexity index is 938. The number of rotatable bonds is 6. The highest BCUT2D eigenvalue weighted by Crippen LogP contribution is 2.20. The third kappa shape index (κ3) is 4.79. The van der Waals surface area contributed by atoms with Crippen LogP contribution >= 0.6 is 0 Å². The van der Waals surface area contributed by atoms with E-state index in [2.05, 4.69) is 74.3 Å². The molecule has 0 saturated carbocycles. The summed E-state index contributed by atoms with van der Waals surface area (Å²) in [6.07, 6.45) is 0. The van der Waals surface area contributed by atoms with Crippen LogP contribution in [0.1, 0.15) is 55.3 Å². The number of benzene rings is 2. The zero-order valence-corrected chi connectivity index (χ0v) is 18.6. The van der Waals surface area contributed by atoms with E-state index in [9.17, 15) is 0 Å². The predicted molar refractivity (Wildman–Crippen MR) is 119 cm³/mol. The molecule has 5 heteroatoms. The van der Waals surface area contributed by atoms with Gasteiger partial charge in [-0.25, -0.2) is 0 Å². The van der Waals surface area contributed by atoms with Gasteiger partial charge in [-0.1, -0.05) is 55.8 Å². The summed E-state index contributed by atoms with van der Waals surface area (Å²) in [5, 5.41) is 8.64. The average Bonchev–Trinajstić information content (AvgIpc) is 3.25. The lowest BCUT2D eigenvalue weighted by Crippen LogP contribution is -3.27. The normalized spacial score (nSPS) is 20.4. The van der Waals surface area contributed by atoms with E-state index in [0.717, 1.165) is 31.1 Å². The van der Waals surface area contributed by atoms with Crippen molar-refractivity contribution in [2.45, 2.75) is 46.2 Å². The lowest BCUT2D eigenvalue weighted by molar-refractivity contribution is -1.03. The second-order valence-corrected chi connectivity index (χ2v) is 9.01.